The smallest absolute Gasteiger partial charge is 0.264 e. The molecule has 0 fully saturated rings. The summed E-state index contributed by atoms with van der Waals surface area (Å²) in [6, 6.07) is 19.3. The van der Waals surface area contributed by atoms with E-state index in [0.29, 0.717) is 17.1 Å². The maximum Gasteiger partial charge on any atom is 0.264 e. The minimum Gasteiger partial charge on any atom is -0.497 e. The zero-order valence-electron chi connectivity index (χ0n) is 18.6. The lowest BCUT2D eigenvalue weighted by Gasteiger charge is -2.32. The average molecular weight is 482 g/mol. The molecule has 176 valence electrons. The van der Waals surface area contributed by atoms with Crippen molar-refractivity contribution in [1.29, 1.82) is 0 Å². The van der Waals surface area contributed by atoms with Crippen LogP contribution in [0.25, 0.3) is 0 Å². The van der Waals surface area contributed by atoms with E-state index in [9.17, 15) is 18.0 Å². The maximum absolute atomic E-state index is 13.7. The first-order chi connectivity index (χ1) is 16.3. The van der Waals surface area contributed by atoms with Crippen molar-refractivity contribution in [3.8, 4) is 11.5 Å². The first-order valence-electron chi connectivity index (χ1n) is 10.3. The summed E-state index contributed by atoms with van der Waals surface area (Å²) in [5, 5.41) is 2.72. The van der Waals surface area contributed by atoms with Gasteiger partial charge in [-0.1, -0.05) is 30.3 Å². The fourth-order valence-electron chi connectivity index (χ4n) is 3.67. The van der Waals surface area contributed by atoms with E-state index in [2.05, 4.69) is 5.32 Å². The number of sulfonamides is 1. The molecule has 0 aliphatic carbocycles. The number of carbonyl (C=O) groups excluding carboxylic acids is 2. The molecule has 0 unspecified atom stereocenters. The Morgan fingerprint density at radius 3 is 2.41 bits per heavy atom. The second-order valence-corrected chi connectivity index (χ2v) is 9.27. The fourth-order valence-corrected chi connectivity index (χ4v) is 5.11. The van der Waals surface area contributed by atoms with Crippen molar-refractivity contribution in [3.63, 3.8) is 0 Å². The Bertz CT molecular complexity index is 1330. The van der Waals surface area contributed by atoms with Gasteiger partial charge in [-0.05, 0) is 36.4 Å². The summed E-state index contributed by atoms with van der Waals surface area (Å²) in [4.78, 5) is 27.0. The largest absolute Gasteiger partial charge is 0.497 e. The van der Waals surface area contributed by atoms with Gasteiger partial charge in [-0.25, -0.2) is 8.42 Å². The van der Waals surface area contributed by atoms with E-state index < -0.39 is 22.5 Å². The van der Waals surface area contributed by atoms with Crippen LogP contribution in [0.3, 0.4) is 0 Å². The molecule has 1 N–H and O–H groups in total. The lowest BCUT2D eigenvalue weighted by Crippen LogP contribution is -2.48. The predicted molar refractivity (Wildman–Crippen MR) is 128 cm³/mol. The summed E-state index contributed by atoms with van der Waals surface area (Å²) in [6.45, 7) is -0.799. The molecule has 1 heterocycles. The lowest BCUT2D eigenvalue weighted by atomic mass is 10.2. The molecule has 0 atom stereocenters. The van der Waals surface area contributed by atoms with Crippen molar-refractivity contribution in [2.75, 3.05) is 41.8 Å². The Morgan fingerprint density at radius 1 is 1.00 bits per heavy atom. The minimum absolute atomic E-state index is 0.00413. The van der Waals surface area contributed by atoms with Crippen LogP contribution in [0.4, 0.5) is 17.1 Å². The lowest BCUT2D eigenvalue weighted by molar-refractivity contribution is -0.121. The van der Waals surface area contributed by atoms with Gasteiger partial charge in [0, 0.05) is 6.07 Å². The Morgan fingerprint density at radius 2 is 1.71 bits per heavy atom. The number of carbonyl (C=O) groups is 2. The molecule has 3 aromatic rings. The van der Waals surface area contributed by atoms with Crippen molar-refractivity contribution in [1.82, 2.24) is 0 Å². The van der Waals surface area contributed by atoms with E-state index in [1.807, 2.05) is 0 Å². The number of hydrogen-bond donors (Lipinski definition) is 1. The van der Waals surface area contributed by atoms with Crippen molar-refractivity contribution < 1.29 is 27.5 Å². The number of hydrogen-bond acceptors (Lipinski definition) is 6. The van der Waals surface area contributed by atoms with Crippen molar-refractivity contribution in [3.05, 3.63) is 72.8 Å². The molecule has 10 heteroatoms. The van der Waals surface area contributed by atoms with E-state index in [0.717, 1.165) is 4.31 Å². The highest BCUT2D eigenvalue weighted by molar-refractivity contribution is 7.92. The first-order valence-corrected chi connectivity index (χ1v) is 11.8. The molecule has 1 aliphatic heterocycles. The van der Waals surface area contributed by atoms with Crippen LogP contribution < -0.4 is 24.0 Å². The number of fused-ring (bicyclic) bond motifs is 1. The monoisotopic (exact) mass is 481 g/mol. The second-order valence-electron chi connectivity index (χ2n) is 7.41. The van der Waals surface area contributed by atoms with Gasteiger partial charge in [-0.2, -0.15) is 0 Å². The number of nitrogens with zero attached hydrogens (tertiary/aromatic N) is 2. The van der Waals surface area contributed by atoms with Crippen LogP contribution in [0.2, 0.25) is 0 Å². The van der Waals surface area contributed by atoms with Crippen LogP contribution in [0.1, 0.15) is 0 Å². The van der Waals surface area contributed by atoms with Crippen LogP contribution in [-0.2, 0) is 19.6 Å². The molecule has 0 aromatic heterocycles. The molecule has 0 saturated carbocycles. The average Bonchev–Trinajstić information content (AvgIpc) is 2.86. The summed E-state index contributed by atoms with van der Waals surface area (Å²) < 4.78 is 39.1. The van der Waals surface area contributed by atoms with E-state index in [-0.39, 0.29) is 28.8 Å². The summed E-state index contributed by atoms with van der Waals surface area (Å²) in [5.41, 5.74) is 1.10. The van der Waals surface area contributed by atoms with Gasteiger partial charge in [0.25, 0.3) is 10.0 Å². The third-order valence-electron chi connectivity index (χ3n) is 5.34. The number of rotatable bonds is 7. The number of benzene rings is 3. The van der Waals surface area contributed by atoms with Gasteiger partial charge in [-0.15, -0.1) is 0 Å². The number of nitrogens with one attached hydrogen (secondary N) is 1. The molecule has 1 aliphatic rings. The minimum atomic E-state index is -4.19. The number of methoxy groups -OCH3 is 2. The highest BCUT2D eigenvalue weighted by Gasteiger charge is 2.34. The van der Waals surface area contributed by atoms with Gasteiger partial charge in [0.05, 0.1) is 36.2 Å². The summed E-state index contributed by atoms with van der Waals surface area (Å²) in [5.74, 6) is -0.320. The Hall–Kier alpha value is -4.05. The van der Waals surface area contributed by atoms with Crippen molar-refractivity contribution >= 4 is 38.9 Å². The van der Waals surface area contributed by atoms with E-state index in [1.54, 1.807) is 54.6 Å². The first kappa shape index (κ1) is 23.1. The SMILES string of the molecule is COc1ccc(OC)c(N(CC(=O)N2CC(=O)Nc3ccccc32)S(=O)(=O)c2ccccc2)c1. The number of anilines is 3. The molecule has 34 heavy (non-hydrogen) atoms. The number of ether oxygens (including phenoxy) is 2. The summed E-state index contributed by atoms with van der Waals surface area (Å²) in [7, 11) is -1.32. The second kappa shape index (κ2) is 9.44. The van der Waals surface area contributed by atoms with Gasteiger partial charge in [-0.3, -0.25) is 18.8 Å². The van der Waals surface area contributed by atoms with Crippen LogP contribution in [0.5, 0.6) is 11.5 Å². The molecule has 0 spiro atoms. The zero-order chi connectivity index (χ0) is 24.3. The van der Waals surface area contributed by atoms with Crippen LogP contribution in [0.15, 0.2) is 77.7 Å². The normalized spacial score (nSPS) is 13.0. The van der Waals surface area contributed by atoms with Gasteiger partial charge >= 0.3 is 0 Å². The third-order valence-corrected chi connectivity index (χ3v) is 7.11. The molecule has 2 amide bonds. The highest BCUT2D eigenvalue weighted by atomic mass is 32.2. The van der Waals surface area contributed by atoms with Gasteiger partial charge in [0.2, 0.25) is 11.8 Å². The van der Waals surface area contributed by atoms with Crippen molar-refractivity contribution in [2.45, 2.75) is 4.90 Å². The van der Waals surface area contributed by atoms with Gasteiger partial charge < -0.3 is 14.8 Å². The molecule has 0 radical (unpaired) electrons. The van der Waals surface area contributed by atoms with Gasteiger partial charge in [0.1, 0.15) is 24.6 Å². The number of amides is 2. The Labute approximate surface area is 197 Å². The Kier molecular flexibility index (Phi) is 6.42. The molecular weight excluding hydrogens is 458 g/mol. The Balaban J connectivity index is 1.81. The number of para-hydroxylation sites is 2. The maximum atomic E-state index is 13.7. The van der Waals surface area contributed by atoms with Crippen LogP contribution >= 0.6 is 0 Å². The third kappa shape index (κ3) is 4.40. The van der Waals surface area contributed by atoms with Crippen LogP contribution in [-0.4, -0.2) is 47.5 Å². The molecular formula is C24H23N3O6S. The van der Waals surface area contributed by atoms with E-state index in [4.69, 9.17) is 9.47 Å². The highest BCUT2D eigenvalue weighted by Crippen LogP contribution is 2.36. The molecule has 9 nitrogen and oxygen atoms in total. The molecule has 4 rings (SSSR count). The van der Waals surface area contributed by atoms with E-state index >= 15 is 0 Å². The standard InChI is InChI=1S/C24H23N3O6S/c1-32-17-12-13-22(33-2)21(14-17)27(34(30,31)18-8-4-3-5-9-18)16-24(29)26-15-23(28)25-19-10-6-7-11-20(19)26/h3-14H,15-16H2,1-2H3,(H,25,28). The summed E-state index contributed by atoms with van der Waals surface area (Å²) in [6.07, 6.45) is 0. The zero-order valence-corrected chi connectivity index (χ0v) is 19.4. The molecule has 0 bridgehead atoms. The summed E-state index contributed by atoms with van der Waals surface area (Å²) >= 11 is 0. The molecule has 3 aromatic carbocycles. The molecule has 0 saturated heterocycles. The predicted octanol–water partition coefficient (Wildman–Crippen LogP) is 2.88. The van der Waals surface area contributed by atoms with Crippen LogP contribution in [0, 0.1) is 0 Å². The van der Waals surface area contributed by atoms with Gasteiger partial charge in [0.15, 0.2) is 0 Å². The van der Waals surface area contributed by atoms with E-state index in [1.165, 1.54) is 37.3 Å². The van der Waals surface area contributed by atoms with Crippen molar-refractivity contribution in [2.24, 2.45) is 0 Å². The fraction of sp³-hybridized carbons (Fsp3) is 0.167. The topological polar surface area (TPSA) is 105 Å². The quantitative estimate of drug-likeness (QED) is 0.556.